The van der Waals surface area contributed by atoms with Gasteiger partial charge in [-0.3, -0.25) is 4.90 Å². The zero-order valence-corrected chi connectivity index (χ0v) is 15.2. The number of nitrogens with zero attached hydrogens (tertiary/aromatic N) is 1. The molecule has 1 heterocycles. The highest BCUT2D eigenvalue weighted by Gasteiger charge is 2.19. The van der Waals surface area contributed by atoms with Crippen molar-refractivity contribution in [1.29, 1.82) is 0 Å². The molecule has 0 saturated carbocycles. The summed E-state index contributed by atoms with van der Waals surface area (Å²) in [4.78, 5) is 2.46. The number of hydrogen-bond donors (Lipinski definition) is 1. The van der Waals surface area contributed by atoms with Crippen molar-refractivity contribution in [2.45, 2.75) is 6.04 Å². The van der Waals surface area contributed by atoms with E-state index in [2.05, 4.69) is 66.9 Å². The minimum Gasteiger partial charge on any atom is -0.314 e. The van der Waals surface area contributed by atoms with Crippen LogP contribution in [0.15, 0.2) is 39.8 Å². The summed E-state index contributed by atoms with van der Waals surface area (Å²) in [6.45, 7) is 8.23. The first-order valence-electron chi connectivity index (χ1n) is 5.74. The van der Waals surface area contributed by atoms with Gasteiger partial charge >= 0.3 is 0 Å². The Labute approximate surface area is 144 Å². The molecule has 0 unspecified atom stereocenters. The van der Waals surface area contributed by atoms with E-state index in [0.717, 1.165) is 35.1 Å². The van der Waals surface area contributed by atoms with Gasteiger partial charge in [0, 0.05) is 35.1 Å². The predicted molar refractivity (Wildman–Crippen MR) is 93.7 cm³/mol. The van der Waals surface area contributed by atoms with Crippen LogP contribution in [-0.2, 0) is 0 Å². The molecule has 0 radical (unpaired) electrons. The Morgan fingerprint density at radius 1 is 1.11 bits per heavy atom. The van der Waals surface area contributed by atoms with Gasteiger partial charge in [0.15, 0.2) is 0 Å². The smallest absolute Gasteiger partial charge is 0.0530 e. The van der Waals surface area contributed by atoms with Gasteiger partial charge in [-0.25, -0.2) is 0 Å². The number of hydrogen-bond acceptors (Lipinski definition) is 2. The Kier molecular flexibility index (Phi) is 9.58. The van der Waals surface area contributed by atoms with Crippen LogP contribution in [0.5, 0.6) is 0 Å². The Bertz CT molecular complexity index is 389. The molecule has 2 rings (SSSR count). The molecule has 1 fully saturated rings. The average molecular weight is 433 g/mol. The number of rotatable bonds is 3. The molecule has 19 heavy (non-hydrogen) atoms. The zero-order valence-electron chi connectivity index (χ0n) is 10.4. The van der Waals surface area contributed by atoms with Crippen LogP contribution in [0.4, 0.5) is 0 Å². The fourth-order valence-electron chi connectivity index (χ4n) is 2.20. The van der Waals surface area contributed by atoms with E-state index >= 15 is 0 Å². The van der Waals surface area contributed by atoms with Crippen molar-refractivity contribution in [2.24, 2.45) is 0 Å². The van der Waals surface area contributed by atoms with Crippen molar-refractivity contribution >= 4 is 56.7 Å². The maximum atomic E-state index is 3.98. The van der Waals surface area contributed by atoms with Crippen molar-refractivity contribution in [2.75, 3.05) is 26.2 Å². The minimum absolute atomic E-state index is 0. The molecule has 0 bridgehead atoms. The van der Waals surface area contributed by atoms with E-state index in [1.54, 1.807) is 0 Å². The summed E-state index contributed by atoms with van der Waals surface area (Å²) in [5, 5.41) is 3.37. The molecule has 6 heteroatoms. The molecular formula is C13H18Br2Cl2N2. The Balaban J connectivity index is 0.00000162. The summed E-state index contributed by atoms with van der Waals surface area (Å²) in [5.74, 6) is 0. The molecule has 1 N–H and O–H groups in total. The fraction of sp³-hybridized carbons (Fsp3) is 0.385. The van der Waals surface area contributed by atoms with Gasteiger partial charge < -0.3 is 5.32 Å². The second kappa shape index (κ2) is 9.37. The summed E-state index contributed by atoms with van der Waals surface area (Å²) in [6, 6.07) is 6.69. The summed E-state index contributed by atoms with van der Waals surface area (Å²) in [6.07, 6.45) is 2.03. The molecule has 0 spiro atoms. The van der Waals surface area contributed by atoms with Crippen LogP contribution in [0.1, 0.15) is 11.6 Å². The van der Waals surface area contributed by atoms with E-state index in [1.807, 2.05) is 6.08 Å². The molecule has 1 aromatic carbocycles. The lowest BCUT2D eigenvalue weighted by Crippen LogP contribution is -2.44. The third-order valence-corrected chi connectivity index (χ3v) is 3.91. The van der Waals surface area contributed by atoms with Crippen molar-refractivity contribution < 1.29 is 0 Å². The highest BCUT2D eigenvalue weighted by molar-refractivity contribution is 9.11. The van der Waals surface area contributed by atoms with Crippen LogP contribution in [0.2, 0.25) is 0 Å². The topological polar surface area (TPSA) is 15.3 Å². The second-order valence-corrected chi connectivity index (χ2v) is 6.00. The van der Waals surface area contributed by atoms with Gasteiger partial charge in [0.1, 0.15) is 0 Å². The first-order valence-corrected chi connectivity index (χ1v) is 7.32. The van der Waals surface area contributed by atoms with Crippen LogP contribution in [0.25, 0.3) is 0 Å². The summed E-state index contributed by atoms with van der Waals surface area (Å²) in [7, 11) is 0. The molecule has 0 amide bonds. The maximum absolute atomic E-state index is 3.98. The van der Waals surface area contributed by atoms with E-state index < -0.39 is 0 Å². The molecule has 1 aliphatic rings. The SMILES string of the molecule is C=C[C@H](c1cc(Br)cc(Br)c1)N1CCNCC1.Cl.Cl. The van der Waals surface area contributed by atoms with Gasteiger partial charge in [0.2, 0.25) is 0 Å². The van der Waals surface area contributed by atoms with E-state index in [9.17, 15) is 0 Å². The standard InChI is InChI=1S/C13H16Br2N2.2ClH/c1-2-13(17-5-3-16-4-6-17)10-7-11(14)9-12(15)8-10;;/h2,7-9,13,16H,1,3-6H2;2*1H/t13-;;/m1../s1. The molecule has 1 aromatic rings. The van der Waals surface area contributed by atoms with Gasteiger partial charge in [-0.05, 0) is 23.8 Å². The van der Waals surface area contributed by atoms with Crippen molar-refractivity contribution in [1.82, 2.24) is 10.2 Å². The second-order valence-electron chi connectivity index (χ2n) is 4.17. The van der Waals surface area contributed by atoms with E-state index in [0.29, 0.717) is 6.04 Å². The highest BCUT2D eigenvalue weighted by Crippen LogP contribution is 2.28. The zero-order chi connectivity index (χ0) is 12.3. The van der Waals surface area contributed by atoms with Gasteiger partial charge in [0.05, 0.1) is 6.04 Å². The van der Waals surface area contributed by atoms with Crippen LogP contribution >= 0.6 is 56.7 Å². The molecule has 1 saturated heterocycles. The largest absolute Gasteiger partial charge is 0.314 e. The molecule has 1 atom stereocenters. The van der Waals surface area contributed by atoms with Crippen molar-refractivity contribution in [3.63, 3.8) is 0 Å². The Morgan fingerprint density at radius 3 is 2.11 bits per heavy atom. The van der Waals surface area contributed by atoms with Crippen LogP contribution < -0.4 is 5.32 Å². The van der Waals surface area contributed by atoms with Gasteiger partial charge in [-0.15, -0.1) is 31.4 Å². The first-order chi connectivity index (χ1) is 8.20. The van der Waals surface area contributed by atoms with Gasteiger partial charge in [-0.2, -0.15) is 0 Å². The molecule has 0 aromatic heterocycles. The van der Waals surface area contributed by atoms with E-state index in [1.165, 1.54) is 5.56 Å². The third kappa shape index (κ3) is 5.37. The van der Waals surface area contributed by atoms with Crippen LogP contribution in [0.3, 0.4) is 0 Å². The monoisotopic (exact) mass is 430 g/mol. The molecule has 108 valence electrons. The predicted octanol–water partition coefficient (Wildman–Crippen LogP) is 4.19. The van der Waals surface area contributed by atoms with Crippen molar-refractivity contribution in [3.05, 3.63) is 45.4 Å². The summed E-state index contributed by atoms with van der Waals surface area (Å²) < 4.78 is 2.20. The van der Waals surface area contributed by atoms with Crippen LogP contribution in [0, 0.1) is 0 Å². The lowest BCUT2D eigenvalue weighted by atomic mass is 10.0. The number of piperazine rings is 1. The van der Waals surface area contributed by atoms with E-state index in [-0.39, 0.29) is 24.8 Å². The first kappa shape index (κ1) is 19.4. The average Bonchev–Trinajstić information content (AvgIpc) is 2.30. The van der Waals surface area contributed by atoms with Gasteiger partial charge in [0.25, 0.3) is 0 Å². The van der Waals surface area contributed by atoms with Gasteiger partial charge in [-0.1, -0.05) is 37.9 Å². The quantitative estimate of drug-likeness (QED) is 0.720. The lowest BCUT2D eigenvalue weighted by molar-refractivity contribution is 0.203. The molecule has 1 aliphatic heterocycles. The maximum Gasteiger partial charge on any atom is 0.0530 e. The highest BCUT2D eigenvalue weighted by atomic mass is 79.9. The van der Waals surface area contributed by atoms with Crippen LogP contribution in [-0.4, -0.2) is 31.1 Å². The van der Waals surface area contributed by atoms with Crippen molar-refractivity contribution in [3.8, 4) is 0 Å². The molecular weight excluding hydrogens is 415 g/mol. The Morgan fingerprint density at radius 2 is 1.63 bits per heavy atom. The minimum atomic E-state index is 0. The third-order valence-electron chi connectivity index (χ3n) is 2.99. The number of benzene rings is 1. The lowest BCUT2D eigenvalue weighted by Gasteiger charge is -2.33. The normalized spacial score (nSPS) is 16.9. The summed E-state index contributed by atoms with van der Waals surface area (Å²) >= 11 is 7.08. The van der Waals surface area contributed by atoms with E-state index in [4.69, 9.17) is 0 Å². The fourth-order valence-corrected chi connectivity index (χ4v) is 3.53. The number of nitrogens with one attached hydrogen (secondary N) is 1. The Hall–Kier alpha value is 0.420. The molecule has 0 aliphatic carbocycles. The molecule has 2 nitrogen and oxygen atoms in total. The number of halogens is 4. The summed E-state index contributed by atoms with van der Waals surface area (Å²) in [5.41, 5.74) is 1.28.